The average molecular weight is 226 g/mol. The van der Waals surface area contributed by atoms with Crippen molar-refractivity contribution >= 4 is 5.91 Å². The third kappa shape index (κ3) is 3.76. The second-order valence-corrected chi connectivity index (χ2v) is 4.91. The van der Waals surface area contributed by atoms with Crippen LogP contribution < -0.4 is 10.6 Å². The number of carbonyl (C=O) groups excluding carboxylic acids is 1. The van der Waals surface area contributed by atoms with E-state index in [1.54, 1.807) is 0 Å². The van der Waals surface area contributed by atoms with Crippen LogP contribution in [0.25, 0.3) is 0 Å². The van der Waals surface area contributed by atoms with Gasteiger partial charge in [0.05, 0.1) is 13.2 Å². The lowest BCUT2D eigenvalue weighted by molar-refractivity contribution is -0.120. The molecule has 1 aliphatic carbocycles. The molecule has 2 N–H and O–H groups in total. The van der Waals surface area contributed by atoms with Gasteiger partial charge in [-0.05, 0) is 25.2 Å². The summed E-state index contributed by atoms with van der Waals surface area (Å²) in [6, 6.07) is 0.434. The van der Waals surface area contributed by atoms with Crippen molar-refractivity contribution in [1.82, 2.24) is 10.6 Å². The summed E-state index contributed by atoms with van der Waals surface area (Å²) in [5.41, 5.74) is 0. The van der Waals surface area contributed by atoms with Crippen LogP contribution in [0.3, 0.4) is 0 Å². The molecule has 1 aliphatic heterocycles. The summed E-state index contributed by atoms with van der Waals surface area (Å²) in [6.45, 7) is 3.07. The van der Waals surface area contributed by atoms with Gasteiger partial charge >= 0.3 is 0 Å². The Balaban J connectivity index is 1.52. The molecule has 1 heterocycles. The van der Waals surface area contributed by atoms with Gasteiger partial charge in [0.2, 0.25) is 5.91 Å². The first-order valence-corrected chi connectivity index (χ1v) is 6.42. The van der Waals surface area contributed by atoms with Gasteiger partial charge in [-0.25, -0.2) is 0 Å². The van der Waals surface area contributed by atoms with Gasteiger partial charge in [-0.15, -0.1) is 0 Å². The van der Waals surface area contributed by atoms with Crippen molar-refractivity contribution < 1.29 is 9.53 Å². The highest BCUT2D eigenvalue weighted by Gasteiger charge is 2.18. The molecular formula is C12H22N2O2. The maximum Gasteiger partial charge on any atom is 0.234 e. The molecule has 0 bridgehead atoms. The summed E-state index contributed by atoms with van der Waals surface area (Å²) < 4.78 is 5.28. The topological polar surface area (TPSA) is 50.4 Å². The fraction of sp³-hybridized carbons (Fsp3) is 0.917. The Labute approximate surface area is 97.1 Å². The minimum atomic E-state index is 0.144. The van der Waals surface area contributed by atoms with E-state index in [1.165, 1.54) is 12.8 Å². The molecule has 1 amide bonds. The number of nitrogens with one attached hydrogen (secondary N) is 2. The molecule has 2 aliphatic rings. The maximum atomic E-state index is 11.6. The van der Waals surface area contributed by atoms with E-state index in [9.17, 15) is 4.79 Å². The molecular weight excluding hydrogens is 204 g/mol. The van der Waals surface area contributed by atoms with Gasteiger partial charge in [-0.1, -0.05) is 12.8 Å². The molecule has 0 radical (unpaired) electrons. The highest BCUT2D eigenvalue weighted by molar-refractivity contribution is 5.78. The molecule has 92 valence electrons. The molecule has 4 heteroatoms. The Hall–Kier alpha value is -0.610. The second-order valence-electron chi connectivity index (χ2n) is 4.91. The van der Waals surface area contributed by atoms with Crippen molar-refractivity contribution in [1.29, 1.82) is 0 Å². The molecule has 1 saturated carbocycles. The number of hydrogen-bond donors (Lipinski definition) is 2. The Kier molecular flexibility index (Phi) is 4.60. The van der Waals surface area contributed by atoms with E-state index in [2.05, 4.69) is 10.6 Å². The fourth-order valence-corrected chi connectivity index (χ4v) is 2.48. The Morgan fingerprint density at radius 3 is 2.75 bits per heavy atom. The Bertz CT molecular complexity index is 221. The fourth-order valence-electron chi connectivity index (χ4n) is 2.48. The summed E-state index contributed by atoms with van der Waals surface area (Å²) >= 11 is 0. The molecule has 4 nitrogen and oxygen atoms in total. The molecule has 0 aromatic heterocycles. The molecule has 0 spiro atoms. The normalized spacial score (nSPS) is 26.1. The zero-order valence-corrected chi connectivity index (χ0v) is 9.84. The number of amides is 1. The van der Waals surface area contributed by atoms with Crippen LogP contribution in [0.5, 0.6) is 0 Å². The highest BCUT2D eigenvalue weighted by Crippen LogP contribution is 2.17. The van der Waals surface area contributed by atoms with E-state index in [-0.39, 0.29) is 5.91 Å². The largest absolute Gasteiger partial charge is 0.381 e. The van der Waals surface area contributed by atoms with E-state index < -0.39 is 0 Å². The molecule has 2 rings (SSSR count). The average Bonchev–Trinajstić information content (AvgIpc) is 2.90. The summed E-state index contributed by atoms with van der Waals surface area (Å²) in [4.78, 5) is 11.6. The standard InChI is InChI=1S/C12H22N2O2/c15-12(14-11-3-1-2-4-11)8-13-7-10-5-6-16-9-10/h10-11,13H,1-9H2,(H,14,15). The van der Waals surface area contributed by atoms with E-state index in [4.69, 9.17) is 4.74 Å². The Morgan fingerprint density at radius 1 is 1.25 bits per heavy atom. The molecule has 0 aromatic carbocycles. The van der Waals surface area contributed by atoms with Crippen molar-refractivity contribution in [2.24, 2.45) is 5.92 Å². The van der Waals surface area contributed by atoms with Crippen molar-refractivity contribution in [3.8, 4) is 0 Å². The summed E-state index contributed by atoms with van der Waals surface area (Å²) in [5.74, 6) is 0.741. The van der Waals surface area contributed by atoms with Crippen LogP contribution in [0.15, 0.2) is 0 Å². The molecule has 0 aromatic rings. The first-order chi connectivity index (χ1) is 7.84. The van der Waals surface area contributed by atoms with Crippen LogP contribution in [0.1, 0.15) is 32.1 Å². The van der Waals surface area contributed by atoms with Crippen molar-refractivity contribution in [3.63, 3.8) is 0 Å². The first-order valence-electron chi connectivity index (χ1n) is 6.42. The number of carbonyl (C=O) groups is 1. The molecule has 1 saturated heterocycles. The zero-order valence-electron chi connectivity index (χ0n) is 9.84. The Morgan fingerprint density at radius 2 is 2.06 bits per heavy atom. The van der Waals surface area contributed by atoms with Gasteiger partial charge < -0.3 is 15.4 Å². The van der Waals surface area contributed by atoms with E-state index in [0.29, 0.717) is 18.5 Å². The van der Waals surface area contributed by atoms with Gasteiger partial charge in [0.25, 0.3) is 0 Å². The smallest absolute Gasteiger partial charge is 0.234 e. The maximum absolute atomic E-state index is 11.6. The van der Waals surface area contributed by atoms with Gasteiger partial charge in [0.15, 0.2) is 0 Å². The van der Waals surface area contributed by atoms with Crippen molar-refractivity contribution in [3.05, 3.63) is 0 Å². The van der Waals surface area contributed by atoms with Crippen LogP contribution in [0.2, 0.25) is 0 Å². The van der Waals surface area contributed by atoms with Crippen molar-refractivity contribution in [2.45, 2.75) is 38.1 Å². The minimum absolute atomic E-state index is 0.144. The quantitative estimate of drug-likeness (QED) is 0.724. The van der Waals surface area contributed by atoms with Gasteiger partial charge in [-0.2, -0.15) is 0 Å². The number of ether oxygens (including phenoxy) is 1. The molecule has 1 atom stereocenters. The highest BCUT2D eigenvalue weighted by atomic mass is 16.5. The minimum Gasteiger partial charge on any atom is -0.381 e. The van der Waals surface area contributed by atoms with E-state index in [1.807, 2.05) is 0 Å². The second kappa shape index (κ2) is 6.21. The lowest BCUT2D eigenvalue weighted by Crippen LogP contribution is -2.40. The predicted octanol–water partition coefficient (Wildman–Crippen LogP) is 0.671. The molecule has 16 heavy (non-hydrogen) atoms. The first kappa shape index (κ1) is 11.9. The summed E-state index contributed by atoms with van der Waals surface area (Å²) in [5, 5.41) is 6.28. The van der Waals surface area contributed by atoms with Crippen LogP contribution >= 0.6 is 0 Å². The van der Waals surface area contributed by atoms with Crippen LogP contribution in [-0.2, 0) is 9.53 Å². The monoisotopic (exact) mass is 226 g/mol. The lowest BCUT2D eigenvalue weighted by Gasteiger charge is -2.13. The van der Waals surface area contributed by atoms with Crippen LogP contribution in [0, 0.1) is 5.92 Å². The predicted molar refractivity (Wildman–Crippen MR) is 62.2 cm³/mol. The lowest BCUT2D eigenvalue weighted by atomic mass is 10.1. The van der Waals surface area contributed by atoms with Crippen molar-refractivity contribution in [2.75, 3.05) is 26.3 Å². The molecule has 2 fully saturated rings. The number of rotatable bonds is 5. The van der Waals surface area contributed by atoms with Gasteiger partial charge in [0, 0.05) is 19.2 Å². The zero-order chi connectivity index (χ0) is 11.2. The summed E-state index contributed by atoms with van der Waals surface area (Å²) in [6.07, 6.45) is 5.96. The van der Waals surface area contributed by atoms with Crippen LogP contribution in [-0.4, -0.2) is 38.3 Å². The SMILES string of the molecule is O=C(CNCC1CCOC1)NC1CCCC1. The van der Waals surface area contributed by atoms with E-state index in [0.717, 1.165) is 39.0 Å². The summed E-state index contributed by atoms with van der Waals surface area (Å²) in [7, 11) is 0. The van der Waals surface area contributed by atoms with Crippen LogP contribution in [0.4, 0.5) is 0 Å². The van der Waals surface area contributed by atoms with Gasteiger partial charge in [0.1, 0.15) is 0 Å². The third-order valence-electron chi connectivity index (χ3n) is 3.46. The van der Waals surface area contributed by atoms with E-state index >= 15 is 0 Å². The third-order valence-corrected chi connectivity index (χ3v) is 3.46. The van der Waals surface area contributed by atoms with Gasteiger partial charge in [-0.3, -0.25) is 4.79 Å². The molecule has 1 unspecified atom stereocenters. The number of hydrogen-bond acceptors (Lipinski definition) is 3.